The van der Waals surface area contributed by atoms with Gasteiger partial charge in [-0.3, -0.25) is 4.79 Å². The van der Waals surface area contributed by atoms with Crippen LogP contribution < -0.4 is 5.32 Å². The smallest absolute Gasteiger partial charge is 0.266 e. The van der Waals surface area contributed by atoms with Crippen molar-refractivity contribution in [3.05, 3.63) is 81.0 Å². The zero-order valence-electron chi connectivity index (χ0n) is 13.7. The van der Waals surface area contributed by atoms with Crippen LogP contribution in [0.2, 0.25) is 15.1 Å². The van der Waals surface area contributed by atoms with E-state index in [4.69, 9.17) is 39.2 Å². The SMILES string of the molecule is N#C/C(=C\c1ccc(-c2c(Cl)cccc2Cl)o1)C(=O)Nc1ccccc1Cl. The molecule has 0 saturated heterocycles. The largest absolute Gasteiger partial charge is 0.457 e. The summed E-state index contributed by atoms with van der Waals surface area (Å²) in [4.78, 5) is 12.3. The van der Waals surface area contributed by atoms with Crippen LogP contribution in [0, 0.1) is 11.3 Å². The van der Waals surface area contributed by atoms with Crippen LogP contribution in [-0.4, -0.2) is 5.91 Å². The number of hydrogen-bond acceptors (Lipinski definition) is 3. The molecular weight excluding hydrogens is 407 g/mol. The number of carbonyl (C=O) groups excluding carboxylic acids is 1. The van der Waals surface area contributed by atoms with Crippen molar-refractivity contribution in [1.82, 2.24) is 0 Å². The molecule has 27 heavy (non-hydrogen) atoms. The van der Waals surface area contributed by atoms with Crippen molar-refractivity contribution in [2.75, 3.05) is 5.32 Å². The van der Waals surface area contributed by atoms with Crippen molar-refractivity contribution in [2.45, 2.75) is 0 Å². The molecule has 0 aliphatic rings. The number of nitrogens with zero attached hydrogens (tertiary/aromatic N) is 1. The number of furan rings is 1. The van der Waals surface area contributed by atoms with Crippen LogP contribution in [0.1, 0.15) is 5.76 Å². The number of hydrogen-bond donors (Lipinski definition) is 1. The molecule has 0 bridgehead atoms. The Morgan fingerprint density at radius 3 is 2.30 bits per heavy atom. The third kappa shape index (κ3) is 4.35. The highest BCUT2D eigenvalue weighted by atomic mass is 35.5. The Labute approximate surface area is 170 Å². The van der Waals surface area contributed by atoms with Crippen LogP contribution >= 0.6 is 34.8 Å². The first-order valence-electron chi connectivity index (χ1n) is 7.71. The number of carbonyl (C=O) groups is 1. The number of para-hydroxylation sites is 1. The summed E-state index contributed by atoms with van der Waals surface area (Å²) in [7, 11) is 0. The van der Waals surface area contributed by atoms with Crippen LogP contribution in [0.25, 0.3) is 17.4 Å². The molecule has 0 spiro atoms. The predicted molar refractivity (Wildman–Crippen MR) is 108 cm³/mol. The second-order valence-electron chi connectivity index (χ2n) is 5.40. The minimum Gasteiger partial charge on any atom is -0.457 e. The fourth-order valence-electron chi connectivity index (χ4n) is 2.34. The van der Waals surface area contributed by atoms with E-state index in [0.29, 0.717) is 37.8 Å². The van der Waals surface area contributed by atoms with Gasteiger partial charge < -0.3 is 9.73 Å². The lowest BCUT2D eigenvalue weighted by Crippen LogP contribution is -2.13. The van der Waals surface area contributed by atoms with E-state index < -0.39 is 5.91 Å². The van der Waals surface area contributed by atoms with E-state index in [0.717, 1.165) is 0 Å². The number of halogens is 3. The summed E-state index contributed by atoms with van der Waals surface area (Å²) < 4.78 is 5.69. The molecule has 4 nitrogen and oxygen atoms in total. The lowest BCUT2D eigenvalue weighted by Gasteiger charge is -2.05. The highest BCUT2D eigenvalue weighted by Crippen LogP contribution is 2.35. The minimum absolute atomic E-state index is 0.138. The second kappa shape index (κ2) is 8.32. The van der Waals surface area contributed by atoms with Crippen molar-refractivity contribution in [3.8, 4) is 17.4 Å². The first kappa shape index (κ1) is 19.1. The lowest BCUT2D eigenvalue weighted by molar-refractivity contribution is -0.112. The first-order chi connectivity index (χ1) is 13.0. The van der Waals surface area contributed by atoms with Gasteiger partial charge in [-0.05, 0) is 36.4 Å². The van der Waals surface area contributed by atoms with Crippen LogP contribution in [0.15, 0.2) is 64.6 Å². The molecule has 7 heteroatoms. The molecule has 0 aliphatic carbocycles. The van der Waals surface area contributed by atoms with E-state index in [1.165, 1.54) is 6.08 Å². The van der Waals surface area contributed by atoms with Gasteiger partial charge in [0, 0.05) is 6.08 Å². The highest BCUT2D eigenvalue weighted by molar-refractivity contribution is 6.39. The Bertz CT molecular complexity index is 1060. The van der Waals surface area contributed by atoms with Crippen LogP contribution in [0.4, 0.5) is 5.69 Å². The van der Waals surface area contributed by atoms with Gasteiger partial charge in [-0.25, -0.2) is 0 Å². The summed E-state index contributed by atoms with van der Waals surface area (Å²) in [6.45, 7) is 0. The van der Waals surface area contributed by atoms with Gasteiger partial charge in [0.2, 0.25) is 0 Å². The fourth-order valence-corrected chi connectivity index (χ4v) is 3.11. The number of benzene rings is 2. The molecule has 0 fully saturated rings. The molecule has 1 amide bonds. The van der Waals surface area contributed by atoms with Crippen LogP contribution in [-0.2, 0) is 4.79 Å². The van der Waals surface area contributed by atoms with E-state index in [1.54, 1.807) is 54.6 Å². The molecule has 1 heterocycles. The number of anilines is 1. The molecule has 134 valence electrons. The Balaban J connectivity index is 1.87. The summed E-state index contributed by atoms with van der Waals surface area (Å²) >= 11 is 18.4. The second-order valence-corrected chi connectivity index (χ2v) is 6.62. The fraction of sp³-hybridized carbons (Fsp3) is 0. The highest BCUT2D eigenvalue weighted by Gasteiger charge is 2.15. The van der Waals surface area contributed by atoms with Gasteiger partial charge in [0.25, 0.3) is 5.91 Å². The van der Waals surface area contributed by atoms with Gasteiger partial charge in [0.1, 0.15) is 23.2 Å². The summed E-state index contributed by atoms with van der Waals surface area (Å²) in [6, 6.07) is 17.0. The van der Waals surface area contributed by atoms with Crippen molar-refractivity contribution in [1.29, 1.82) is 5.26 Å². The summed E-state index contributed by atoms with van der Waals surface area (Å²) in [5.74, 6) is 0.145. The standard InChI is InChI=1S/C20H11Cl3N2O2/c21-14-4-1-2-7-17(14)25-20(26)12(11-24)10-13-8-9-18(27-13)19-15(22)5-3-6-16(19)23/h1-10H,(H,25,26)/b12-10+. The lowest BCUT2D eigenvalue weighted by atomic mass is 10.2. The van der Waals surface area contributed by atoms with Gasteiger partial charge in [-0.15, -0.1) is 0 Å². The molecule has 1 aromatic heterocycles. The summed E-state index contributed by atoms with van der Waals surface area (Å²) in [6.07, 6.45) is 1.33. The maximum Gasteiger partial charge on any atom is 0.266 e. The van der Waals surface area contributed by atoms with Crippen molar-refractivity contribution in [2.24, 2.45) is 0 Å². The van der Waals surface area contributed by atoms with E-state index in [9.17, 15) is 10.1 Å². The van der Waals surface area contributed by atoms with Crippen LogP contribution in [0.3, 0.4) is 0 Å². The van der Waals surface area contributed by atoms with Gasteiger partial charge in [-0.2, -0.15) is 5.26 Å². The third-order valence-corrected chi connectivity index (χ3v) is 4.57. The number of amides is 1. The van der Waals surface area contributed by atoms with Crippen molar-refractivity contribution < 1.29 is 9.21 Å². The first-order valence-corrected chi connectivity index (χ1v) is 8.85. The molecule has 2 aromatic carbocycles. The third-order valence-electron chi connectivity index (χ3n) is 3.61. The van der Waals surface area contributed by atoms with E-state index in [1.807, 2.05) is 6.07 Å². The van der Waals surface area contributed by atoms with Gasteiger partial charge >= 0.3 is 0 Å². The molecule has 0 radical (unpaired) electrons. The van der Waals surface area contributed by atoms with E-state index in [-0.39, 0.29) is 5.57 Å². The Kier molecular flexibility index (Phi) is 5.88. The molecular formula is C20H11Cl3N2O2. The molecule has 3 rings (SSSR count). The maximum atomic E-state index is 12.3. The zero-order valence-corrected chi connectivity index (χ0v) is 15.9. The Morgan fingerprint density at radius 1 is 0.963 bits per heavy atom. The predicted octanol–water partition coefficient (Wildman–Crippen LogP) is 6.45. The number of nitriles is 1. The average Bonchev–Trinajstić information content (AvgIpc) is 3.09. The Morgan fingerprint density at radius 2 is 1.63 bits per heavy atom. The molecule has 0 atom stereocenters. The van der Waals surface area contributed by atoms with Gasteiger partial charge in [0.15, 0.2) is 0 Å². The summed E-state index contributed by atoms with van der Waals surface area (Å²) in [5.41, 5.74) is 0.814. The molecule has 3 aromatic rings. The topological polar surface area (TPSA) is 66.0 Å². The Hall–Kier alpha value is -2.71. The van der Waals surface area contributed by atoms with E-state index in [2.05, 4.69) is 5.32 Å². The molecule has 0 saturated carbocycles. The summed E-state index contributed by atoms with van der Waals surface area (Å²) in [5, 5.41) is 13.2. The molecule has 0 aliphatic heterocycles. The average molecular weight is 418 g/mol. The molecule has 1 N–H and O–H groups in total. The zero-order chi connectivity index (χ0) is 19.4. The van der Waals surface area contributed by atoms with Gasteiger partial charge in [-0.1, -0.05) is 53.0 Å². The van der Waals surface area contributed by atoms with Crippen LogP contribution in [0.5, 0.6) is 0 Å². The normalized spacial score (nSPS) is 11.1. The van der Waals surface area contributed by atoms with Crippen molar-refractivity contribution in [3.63, 3.8) is 0 Å². The quantitative estimate of drug-likeness (QED) is 0.392. The number of rotatable bonds is 4. The monoisotopic (exact) mass is 416 g/mol. The van der Waals surface area contributed by atoms with Crippen molar-refractivity contribution >= 4 is 52.5 Å². The van der Waals surface area contributed by atoms with E-state index >= 15 is 0 Å². The maximum absolute atomic E-state index is 12.3. The number of nitrogens with one attached hydrogen (secondary N) is 1. The van der Waals surface area contributed by atoms with Gasteiger partial charge in [0.05, 0.1) is 26.3 Å². The minimum atomic E-state index is -0.598. The molecule has 0 unspecified atom stereocenters.